The number of ketones is 1. The largest absolute Gasteiger partial charge is 0.368 e. The second-order valence-electron chi connectivity index (χ2n) is 9.72. The minimum Gasteiger partial charge on any atom is -0.368 e. The predicted molar refractivity (Wildman–Crippen MR) is 159 cm³/mol. The topological polar surface area (TPSA) is 99.7 Å². The number of pyridine rings is 1. The molecule has 204 valence electrons. The lowest BCUT2D eigenvalue weighted by molar-refractivity contribution is -0.131. The Morgan fingerprint density at radius 2 is 1.77 bits per heavy atom. The lowest BCUT2D eigenvalue weighted by Crippen LogP contribution is -2.48. The van der Waals surface area contributed by atoms with Gasteiger partial charge in [-0.25, -0.2) is 0 Å². The Kier molecular flexibility index (Phi) is 8.40. The van der Waals surface area contributed by atoms with E-state index in [0.717, 1.165) is 58.1 Å². The van der Waals surface area contributed by atoms with Gasteiger partial charge in [0.05, 0.1) is 10.4 Å². The van der Waals surface area contributed by atoms with Crippen LogP contribution in [-0.2, 0) is 14.4 Å². The van der Waals surface area contributed by atoms with Crippen LogP contribution in [0, 0.1) is 0 Å². The number of fused-ring (bicyclic) bond motifs is 1. The number of piperazine rings is 1. The molecule has 1 N–H and O–H groups in total. The molecule has 3 heterocycles. The van der Waals surface area contributed by atoms with Gasteiger partial charge in [0.25, 0.3) is 11.1 Å². The first kappa shape index (κ1) is 27.3. The Morgan fingerprint density at radius 3 is 2.48 bits per heavy atom. The monoisotopic (exact) mass is 554 g/mol. The Labute approximate surface area is 237 Å². The van der Waals surface area contributed by atoms with Gasteiger partial charge in [0, 0.05) is 56.3 Å². The molecule has 0 spiro atoms. The van der Waals surface area contributed by atoms with E-state index in [0.29, 0.717) is 37.3 Å². The molecule has 2 aliphatic heterocycles. The highest BCUT2D eigenvalue weighted by molar-refractivity contribution is 8.18. The number of carbonyl (C=O) groups is 4. The number of benzene rings is 2. The number of aromatic nitrogens is 1. The fraction of sp³-hybridized carbons (Fsp3) is 0.258. The van der Waals surface area contributed by atoms with Gasteiger partial charge < -0.3 is 9.80 Å². The van der Waals surface area contributed by atoms with E-state index in [-0.39, 0.29) is 22.8 Å². The van der Waals surface area contributed by atoms with Crippen LogP contribution in [0.2, 0.25) is 0 Å². The normalized spacial score (nSPS) is 16.8. The smallest absolute Gasteiger partial charge is 0.290 e. The van der Waals surface area contributed by atoms with Crippen LogP contribution in [0.15, 0.2) is 71.8 Å². The van der Waals surface area contributed by atoms with E-state index in [4.69, 9.17) is 0 Å². The van der Waals surface area contributed by atoms with Crippen LogP contribution in [-0.4, -0.2) is 58.9 Å². The molecule has 2 saturated heterocycles. The highest BCUT2D eigenvalue weighted by atomic mass is 32.2. The maximum absolute atomic E-state index is 12.6. The summed E-state index contributed by atoms with van der Waals surface area (Å²) in [4.78, 5) is 56.7. The third kappa shape index (κ3) is 6.31. The number of carbonyl (C=O) groups excluding carboxylic acids is 4. The van der Waals surface area contributed by atoms with Crippen molar-refractivity contribution in [2.75, 3.05) is 31.1 Å². The molecule has 3 aromatic rings. The van der Waals surface area contributed by atoms with Gasteiger partial charge in [-0.1, -0.05) is 24.3 Å². The van der Waals surface area contributed by atoms with Crippen molar-refractivity contribution in [3.05, 3.63) is 77.3 Å². The number of nitrogens with one attached hydrogen (secondary N) is 1. The van der Waals surface area contributed by atoms with E-state index in [1.807, 2.05) is 36.1 Å². The SMILES string of the molecule is C/C=C/C(=O)CCCC(=O)N1CCN(c2ccc(-c3ccnc4ccc(/C=C5\SC(=O)NC5=O)cc34)cc2)CC1. The first-order valence-electron chi connectivity index (χ1n) is 13.3. The van der Waals surface area contributed by atoms with Crippen molar-refractivity contribution in [1.29, 1.82) is 0 Å². The minimum absolute atomic E-state index is 0.0658. The summed E-state index contributed by atoms with van der Waals surface area (Å²) in [5, 5.41) is 2.88. The number of imide groups is 1. The Hall–Kier alpha value is -4.24. The molecule has 8 nitrogen and oxygen atoms in total. The molecule has 0 saturated carbocycles. The Balaban J connectivity index is 1.24. The standard InChI is InChI=1S/C31H30N4O4S/c1-2-4-24(36)5-3-6-29(37)35-17-15-34(16-18-35)23-10-8-22(9-11-23)25-13-14-32-27-12-7-21(19-26(25)27)20-28-30(38)33-31(39)40-28/h2,4,7-14,19-20H,3,5-6,15-18H2,1H3,(H,33,38,39)/b4-2+,28-20-. The molecule has 1 aromatic heterocycles. The molecule has 0 radical (unpaired) electrons. The van der Waals surface area contributed by atoms with Gasteiger partial charge in [-0.3, -0.25) is 29.5 Å². The van der Waals surface area contributed by atoms with Crippen molar-refractivity contribution in [1.82, 2.24) is 15.2 Å². The second kappa shape index (κ2) is 12.3. The molecule has 0 atom stereocenters. The van der Waals surface area contributed by atoms with E-state index in [1.54, 1.807) is 24.4 Å². The fourth-order valence-corrected chi connectivity index (χ4v) is 5.67. The first-order chi connectivity index (χ1) is 19.4. The highest BCUT2D eigenvalue weighted by Gasteiger charge is 2.25. The summed E-state index contributed by atoms with van der Waals surface area (Å²) in [5.74, 6) is -0.198. The molecule has 0 bridgehead atoms. The summed E-state index contributed by atoms with van der Waals surface area (Å²) < 4.78 is 0. The molecule has 5 rings (SSSR count). The third-order valence-electron chi connectivity index (χ3n) is 7.05. The number of hydrogen-bond donors (Lipinski definition) is 1. The molecule has 2 aliphatic rings. The molecule has 2 aromatic carbocycles. The van der Waals surface area contributed by atoms with Gasteiger partial charge in [0.1, 0.15) is 0 Å². The van der Waals surface area contributed by atoms with E-state index in [2.05, 4.69) is 39.5 Å². The quantitative estimate of drug-likeness (QED) is 0.383. The predicted octanol–water partition coefficient (Wildman–Crippen LogP) is 5.19. The first-order valence-corrected chi connectivity index (χ1v) is 14.2. The molecule has 0 aliphatic carbocycles. The number of thioether (sulfide) groups is 1. The van der Waals surface area contributed by atoms with Gasteiger partial charge >= 0.3 is 0 Å². The summed E-state index contributed by atoms with van der Waals surface area (Å²) in [6, 6.07) is 16.2. The van der Waals surface area contributed by atoms with Crippen LogP contribution in [0.3, 0.4) is 0 Å². The highest BCUT2D eigenvalue weighted by Crippen LogP contribution is 2.32. The van der Waals surface area contributed by atoms with E-state index in [9.17, 15) is 19.2 Å². The summed E-state index contributed by atoms with van der Waals surface area (Å²) in [5.41, 5.74) is 4.84. The van der Waals surface area contributed by atoms with Crippen LogP contribution in [0.25, 0.3) is 28.1 Å². The number of hydrogen-bond acceptors (Lipinski definition) is 7. The zero-order valence-corrected chi connectivity index (χ0v) is 23.1. The van der Waals surface area contributed by atoms with E-state index >= 15 is 0 Å². The zero-order valence-electron chi connectivity index (χ0n) is 22.3. The Bertz CT molecular complexity index is 1520. The van der Waals surface area contributed by atoms with Gasteiger partial charge in [0.2, 0.25) is 5.91 Å². The molecular weight excluding hydrogens is 524 g/mol. The molecule has 9 heteroatoms. The lowest BCUT2D eigenvalue weighted by Gasteiger charge is -2.36. The second-order valence-corrected chi connectivity index (χ2v) is 10.7. The number of amides is 3. The number of nitrogens with zero attached hydrogens (tertiary/aromatic N) is 3. The average molecular weight is 555 g/mol. The van der Waals surface area contributed by atoms with E-state index in [1.165, 1.54) is 0 Å². The maximum atomic E-state index is 12.6. The summed E-state index contributed by atoms with van der Waals surface area (Å²) in [7, 11) is 0. The minimum atomic E-state index is -0.376. The van der Waals surface area contributed by atoms with Crippen LogP contribution in [0.5, 0.6) is 0 Å². The van der Waals surface area contributed by atoms with Crippen LogP contribution in [0.1, 0.15) is 31.7 Å². The van der Waals surface area contributed by atoms with Gasteiger partial charge in [-0.05, 0) is 84.3 Å². The summed E-state index contributed by atoms with van der Waals surface area (Å²) >= 11 is 0.902. The summed E-state index contributed by atoms with van der Waals surface area (Å²) in [6.45, 7) is 4.66. The average Bonchev–Trinajstić information content (AvgIpc) is 3.28. The molecule has 0 unspecified atom stereocenters. The van der Waals surface area contributed by atoms with Crippen molar-refractivity contribution in [3.63, 3.8) is 0 Å². The van der Waals surface area contributed by atoms with Gasteiger partial charge in [-0.15, -0.1) is 0 Å². The van der Waals surface area contributed by atoms with Gasteiger partial charge in [-0.2, -0.15) is 0 Å². The fourth-order valence-electron chi connectivity index (χ4n) is 4.98. The molecular formula is C31H30N4O4S. The molecule has 2 fully saturated rings. The van der Waals surface area contributed by atoms with Crippen molar-refractivity contribution in [3.8, 4) is 11.1 Å². The van der Waals surface area contributed by atoms with Crippen molar-refractivity contribution >= 4 is 57.3 Å². The van der Waals surface area contributed by atoms with Crippen molar-refractivity contribution < 1.29 is 19.2 Å². The Morgan fingerprint density at radius 1 is 1.00 bits per heavy atom. The number of anilines is 1. The van der Waals surface area contributed by atoms with Crippen molar-refractivity contribution in [2.24, 2.45) is 0 Å². The van der Waals surface area contributed by atoms with Crippen LogP contribution in [0.4, 0.5) is 10.5 Å². The van der Waals surface area contributed by atoms with E-state index < -0.39 is 0 Å². The maximum Gasteiger partial charge on any atom is 0.290 e. The zero-order chi connectivity index (χ0) is 28.1. The number of allylic oxidation sites excluding steroid dienone is 2. The molecule has 3 amide bonds. The third-order valence-corrected chi connectivity index (χ3v) is 7.86. The molecule has 40 heavy (non-hydrogen) atoms. The van der Waals surface area contributed by atoms with Gasteiger partial charge in [0.15, 0.2) is 5.78 Å². The summed E-state index contributed by atoms with van der Waals surface area (Å²) in [6.07, 6.45) is 8.19. The van der Waals surface area contributed by atoms with Crippen LogP contribution < -0.4 is 10.2 Å². The number of rotatable bonds is 8. The van der Waals surface area contributed by atoms with Crippen molar-refractivity contribution in [2.45, 2.75) is 26.2 Å². The van der Waals surface area contributed by atoms with Crippen LogP contribution >= 0.6 is 11.8 Å². The lowest BCUT2D eigenvalue weighted by atomic mass is 9.99.